The van der Waals surface area contributed by atoms with Crippen molar-refractivity contribution in [3.05, 3.63) is 108 Å². The van der Waals surface area contributed by atoms with Gasteiger partial charge in [-0.3, -0.25) is 4.79 Å². The summed E-state index contributed by atoms with van der Waals surface area (Å²) >= 11 is 0. The average molecular weight is 437 g/mol. The molecule has 3 aromatic carbocycles. The summed E-state index contributed by atoms with van der Waals surface area (Å²) in [4.78, 5) is 24.2. The molecule has 0 unspecified atom stereocenters. The molecule has 0 aliphatic heterocycles. The lowest BCUT2D eigenvalue weighted by Crippen LogP contribution is -2.10. The molecule has 1 aromatic heterocycles. The maximum Gasteiger partial charge on any atom is 0.330 e. The molecular formula is C28H23NO4. The van der Waals surface area contributed by atoms with E-state index in [1.807, 2.05) is 48.5 Å². The highest BCUT2D eigenvalue weighted by Crippen LogP contribution is 2.28. The van der Waals surface area contributed by atoms with E-state index in [9.17, 15) is 9.59 Å². The largest absolute Gasteiger partial charge is 0.463 e. The summed E-state index contributed by atoms with van der Waals surface area (Å²) in [5.41, 5.74) is 4.43. The maximum absolute atomic E-state index is 12.7. The molecule has 1 N–H and O–H groups in total. The zero-order valence-corrected chi connectivity index (χ0v) is 18.2. The molecular weight excluding hydrogens is 414 g/mol. The zero-order valence-electron chi connectivity index (χ0n) is 18.2. The van der Waals surface area contributed by atoms with Gasteiger partial charge in [0.15, 0.2) is 5.76 Å². The van der Waals surface area contributed by atoms with Crippen LogP contribution >= 0.6 is 0 Å². The summed E-state index contributed by atoms with van der Waals surface area (Å²) in [7, 11) is 0. The molecule has 4 aromatic rings. The minimum Gasteiger partial charge on any atom is -0.463 e. The van der Waals surface area contributed by atoms with Crippen molar-refractivity contribution in [2.24, 2.45) is 0 Å². The van der Waals surface area contributed by atoms with Crippen LogP contribution in [0.5, 0.6) is 0 Å². The second-order valence-corrected chi connectivity index (χ2v) is 7.28. The van der Waals surface area contributed by atoms with Crippen molar-refractivity contribution in [1.82, 2.24) is 0 Å². The van der Waals surface area contributed by atoms with Gasteiger partial charge in [-0.05, 0) is 60.0 Å². The highest BCUT2D eigenvalue weighted by atomic mass is 16.5. The number of amides is 1. The number of carbonyl (C=O) groups excluding carboxylic acids is 2. The van der Waals surface area contributed by atoms with E-state index in [2.05, 4.69) is 17.4 Å². The van der Waals surface area contributed by atoms with Crippen LogP contribution in [-0.4, -0.2) is 18.5 Å². The lowest BCUT2D eigenvalue weighted by molar-refractivity contribution is -0.137. The molecule has 0 aliphatic carbocycles. The smallest absolute Gasteiger partial charge is 0.330 e. The lowest BCUT2D eigenvalue weighted by Gasteiger charge is -2.05. The molecule has 1 heterocycles. The number of esters is 1. The van der Waals surface area contributed by atoms with Crippen LogP contribution in [0, 0.1) is 0 Å². The van der Waals surface area contributed by atoms with Gasteiger partial charge < -0.3 is 14.5 Å². The van der Waals surface area contributed by atoms with Crippen molar-refractivity contribution in [1.29, 1.82) is 0 Å². The van der Waals surface area contributed by atoms with Gasteiger partial charge in [0, 0.05) is 17.3 Å². The Morgan fingerprint density at radius 3 is 2.42 bits per heavy atom. The molecule has 0 bridgehead atoms. The molecule has 0 spiro atoms. The topological polar surface area (TPSA) is 68.5 Å². The SMILES string of the molecule is CCOC(=O)C=Cc1cccc(NC(=O)c2ccc(-c3cccc(-c4ccccc4)c3)o2)c1. The minimum absolute atomic E-state index is 0.211. The van der Waals surface area contributed by atoms with Crippen LogP contribution in [0.15, 0.2) is 101 Å². The lowest BCUT2D eigenvalue weighted by atomic mass is 10.0. The number of carbonyl (C=O) groups is 2. The Bertz CT molecular complexity index is 1290. The Kier molecular flexibility index (Phi) is 6.81. The fourth-order valence-electron chi connectivity index (χ4n) is 3.37. The summed E-state index contributed by atoms with van der Waals surface area (Å²) in [5, 5.41) is 2.83. The van der Waals surface area contributed by atoms with Crippen LogP contribution in [0.25, 0.3) is 28.5 Å². The van der Waals surface area contributed by atoms with Crippen LogP contribution in [0.3, 0.4) is 0 Å². The van der Waals surface area contributed by atoms with Crippen molar-refractivity contribution in [3.8, 4) is 22.5 Å². The summed E-state index contributed by atoms with van der Waals surface area (Å²) in [5.74, 6) is 0.0602. The molecule has 164 valence electrons. The van der Waals surface area contributed by atoms with Gasteiger partial charge in [-0.1, -0.05) is 60.7 Å². The van der Waals surface area contributed by atoms with Gasteiger partial charge in [0.05, 0.1) is 6.61 Å². The molecule has 1 amide bonds. The van der Waals surface area contributed by atoms with E-state index in [0.29, 0.717) is 18.1 Å². The molecule has 0 radical (unpaired) electrons. The number of benzene rings is 3. The van der Waals surface area contributed by atoms with Crippen molar-refractivity contribution in [2.75, 3.05) is 11.9 Å². The van der Waals surface area contributed by atoms with Gasteiger partial charge in [0.2, 0.25) is 0 Å². The molecule has 5 heteroatoms. The van der Waals surface area contributed by atoms with Gasteiger partial charge in [-0.2, -0.15) is 0 Å². The summed E-state index contributed by atoms with van der Waals surface area (Å²) < 4.78 is 10.7. The molecule has 5 nitrogen and oxygen atoms in total. The third kappa shape index (κ3) is 5.66. The predicted molar refractivity (Wildman–Crippen MR) is 130 cm³/mol. The van der Waals surface area contributed by atoms with Gasteiger partial charge in [0.1, 0.15) is 5.76 Å². The summed E-state index contributed by atoms with van der Waals surface area (Å²) in [6.07, 6.45) is 2.99. The molecule has 0 atom stereocenters. The number of hydrogen-bond acceptors (Lipinski definition) is 4. The Labute approximate surface area is 192 Å². The number of nitrogens with one attached hydrogen (secondary N) is 1. The summed E-state index contributed by atoms with van der Waals surface area (Å²) in [6.45, 7) is 2.07. The number of anilines is 1. The van der Waals surface area contributed by atoms with E-state index >= 15 is 0 Å². The zero-order chi connectivity index (χ0) is 23.0. The Morgan fingerprint density at radius 1 is 0.848 bits per heavy atom. The van der Waals surface area contributed by atoms with Crippen LogP contribution in [-0.2, 0) is 9.53 Å². The van der Waals surface area contributed by atoms with Crippen molar-refractivity contribution >= 4 is 23.6 Å². The highest BCUT2D eigenvalue weighted by Gasteiger charge is 2.13. The Morgan fingerprint density at radius 2 is 1.61 bits per heavy atom. The minimum atomic E-state index is -0.411. The van der Waals surface area contributed by atoms with E-state index in [1.165, 1.54) is 6.08 Å². The maximum atomic E-state index is 12.7. The molecule has 0 saturated carbocycles. The van der Waals surface area contributed by atoms with Crippen LogP contribution in [0.2, 0.25) is 0 Å². The number of furan rings is 1. The fourth-order valence-corrected chi connectivity index (χ4v) is 3.37. The van der Waals surface area contributed by atoms with Gasteiger partial charge in [0.25, 0.3) is 5.91 Å². The molecule has 4 rings (SSSR count). The highest BCUT2D eigenvalue weighted by molar-refractivity contribution is 6.02. The van der Waals surface area contributed by atoms with Gasteiger partial charge in [-0.25, -0.2) is 4.79 Å². The van der Waals surface area contributed by atoms with Crippen molar-refractivity contribution < 1.29 is 18.7 Å². The van der Waals surface area contributed by atoms with Crippen LogP contribution < -0.4 is 5.32 Å². The Balaban J connectivity index is 1.47. The second-order valence-electron chi connectivity index (χ2n) is 7.28. The first-order chi connectivity index (χ1) is 16.1. The quantitative estimate of drug-likeness (QED) is 0.267. The predicted octanol–water partition coefficient (Wildman–Crippen LogP) is 6.44. The van der Waals surface area contributed by atoms with Gasteiger partial charge in [-0.15, -0.1) is 0 Å². The molecule has 0 saturated heterocycles. The second kappa shape index (κ2) is 10.3. The third-order valence-corrected chi connectivity index (χ3v) is 4.93. The van der Waals surface area contributed by atoms with Gasteiger partial charge >= 0.3 is 5.97 Å². The number of hydrogen-bond donors (Lipinski definition) is 1. The monoisotopic (exact) mass is 437 g/mol. The third-order valence-electron chi connectivity index (χ3n) is 4.93. The van der Waals surface area contributed by atoms with E-state index in [4.69, 9.17) is 9.15 Å². The Hall–Kier alpha value is -4.38. The van der Waals surface area contributed by atoms with Crippen molar-refractivity contribution in [2.45, 2.75) is 6.92 Å². The number of ether oxygens (including phenoxy) is 1. The average Bonchev–Trinajstić information content (AvgIpc) is 3.35. The number of rotatable bonds is 7. The first kappa shape index (κ1) is 21.8. The standard InChI is InChI=1S/C28H23NO4/c1-2-32-27(30)17-14-20-8-6-13-24(18-20)29-28(31)26-16-15-25(33-26)23-12-7-11-22(19-23)21-9-4-3-5-10-21/h3-19H,2H2,1H3,(H,29,31). The van der Waals surface area contributed by atoms with E-state index in [-0.39, 0.29) is 11.7 Å². The fraction of sp³-hybridized carbons (Fsp3) is 0.0714. The molecule has 0 fully saturated rings. The normalized spacial score (nSPS) is 10.8. The molecule has 33 heavy (non-hydrogen) atoms. The molecule has 0 aliphatic rings. The van der Waals surface area contributed by atoms with Crippen molar-refractivity contribution in [3.63, 3.8) is 0 Å². The van der Waals surface area contributed by atoms with E-state index in [0.717, 1.165) is 22.3 Å². The van der Waals surface area contributed by atoms with Crippen LogP contribution in [0.4, 0.5) is 5.69 Å². The first-order valence-electron chi connectivity index (χ1n) is 10.6. The van der Waals surface area contributed by atoms with E-state index in [1.54, 1.807) is 43.3 Å². The van der Waals surface area contributed by atoms with Crippen LogP contribution in [0.1, 0.15) is 23.0 Å². The first-order valence-corrected chi connectivity index (χ1v) is 10.6. The summed E-state index contributed by atoms with van der Waals surface area (Å²) in [6, 6.07) is 28.7. The van der Waals surface area contributed by atoms with E-state index < -0.39 is 5.97 Å².